The summed E-state index contributed by atoms with van der Waals surface area (Å²) in [5, 5.41) is 5.56. The first-order valence-corrected chi connectivity index (χ1v) is 10.4. The summed E-state index contributed by atoms with van der Waals surface area (Å²) in [6, 6.07) is 10.7. The highest BCUT2D eigenvalue weighted by Crippen LogP contribution is 2.46. The Bertz CT molecular complexity index is 1100. The molecule has 0 bridgehead atoms. The topological polar surface area (TPSA) is 50.6 Å². The molecule has 2 aliphatic rings. The van der Waals surface area contributed by atoms with Crippen molar-refractivity contribution in [3.8, 4) is 5.69 Å². The zero-order chi connectivity index (χ0) is 20.9. The van der Waals surface area contributed by atoms with Crippen molar-refractivity contribution in [1.82, 2.24) is 14.7 Å². The van der Waals surface area contributed by atoms with E-state index >= 15 is 0 Å². The van der Waals surface area contributed by atoms with Crippen LogP contribution in [0.1, 0.15) is 25.3 Å². The normalized spacial score (nSPS) is 17.6. The van der Waals surface area contributed by atoms with E-state index < -0.39 is 0 Å². The molecule has 3 aromatic rings. The maximum absolute atomic E-state index is 13.3. The Morgan fingerprint density at radius 3 is 2.67 bits per heavy atom. The predicted molar refractivity (Wildman–Crippen MR) is 114 cm³/mol. The summed E-state index contributed by atoms with van der Waals surface area (Å²) < 4.78 is 20.4. The maximum Gasteiger partial charge on any atom is 0.410 e. The Kier molecular flexibility index (Phi) is 4.41. The first kappa shape index (κ1) is 18.9. The highest BCUT2D eigenvalue weighted by molar-refractivity contribution is 5.86. The highest BCUT2D eigenvalue weighted by Gasteiger charge is 2.54. The Hall–Kier alpha value is -3.09. The summed E-state index contributed by atoms with van der Waals surface area (Å²) in [7, 11) is 0. The van der Waals surface area contributed by atoms with Crippen LogP contribution < -0.4 is 4.90 Å². The van der Waals surface area contributed by atoms with E-state index in [1.165, 1.54) is 17.8 Å². The zero-order valence-electron chi connectivity index (χ0n) is 17.3. The van der Waals surface area contributed by atoms with Crippen molar-refractivity contribution in [2.24, 2.45) is 0 Å². The zero-order valence-corrected chi connectivity index (χ0v) is 17.3. The van der Waals surface area contributed by atoms with Crippen LogP contribution in [0.5, 0.6) is 0 Å². The number of benzene rings is 2. The lowest BCUT2D eigenvalue weighted by Gasteiger charge is -2.43. The van der Waals surface area contributed by atoms with Gasteiger partial charge in [-0.2, -0.15) is 5.10 Å². The van der Waals surface area contributed by atoms with Crippen molar-refractivity contribution in [2.75, 3.05) is 31.1 Å². The van der Waals surface area contributed by atoms with E-state index in [1.54, 1.807) is 12.1 Å². The summed E-state index contributed by atoms with van der Waals surface area (Å²) in [6.45, 7) is 6.63. The molecule has 1 amide bonds. The molecule has 1 aliphatic carbocycles. The number of piperazine rings is 1. The number of aryl methyl sites for hydroxylation is 1. The van der Waals surface area contributed by atoms with Crippen LogP contribution in [-0.2, 0) is 4.74 Å². The lowest BCUT2D eigenvalue weighted by atomic mass is 10.1. The quantitative estimate of drug-likeness (QED) is 0.649. The van der Waals surface area contributed by atoms with Gasteiger partial charge in [0.1, 0.15) is 5.82 Å². The second-order valence-electron chi connectivity index (χ2n) is 8.23. The van der Waals surface area contributed by atoms with E-state index in [9.17, 15) is 9.18 Å². The number of hydrogen-bond acceptors (Lipinski definition) is 4. The van der Waals surface area contributed by atoms with E-state index in [0.29, 0.717) is 13.2 Å². The fraction of sp³-hybridized carbons (Fsp3) is 0.391. The molecule has 1 saturated carbocycles. The summed E-state index contributed by atoms with van der Waals surface area (Å²) in [5.74, 6) is -0.260. The number of anilines is 1. The number of aromatic nitrogens is 2. The summed E-state index contributed by atoms with van der Waals surface area (Å²) in [6.07, 6.45) is 3.70. The van der Waals surface area contributed by atoms with Crippen LogP contribution >= 0.6 is 0 Å². The first-order chi connectivity index (χ1) is 14.5. The number of halogens is 1. The molecule has 1 spiro atoms. The molecule has 6 nitrogen and oxygen atoms in total. The summed E-state index contributed by atoms with van der Waals surface area (Å²) in [4.78, 5) is 16.7. The van der Waals surface area contributed by atoms with Crippen LogP contribution in [0, 0.1) is 12.7 Å². The SMILES string of the molecule is CCOC(=O)N1CCN(c2cc3cnn(-c4ccc(F)cc4)c3cc2C)CC12CC2. The third kappa shape index (κ3) is 3.09. The summed E-state index contributed by atoms with van der Waals surface area (Å²) in [5.41, 5.74) is 4.07. The standard InChI is InChI=1S/C23H25FN4O2/c1-3-30-22(29)27-11-10-26(15-23(27)8-9-23)20-13-17-14-25-28(21(17)12-16(20)2)19-6-4-18(24)5-7-19/h4-7,12-14H,3,8-11,15H2,1-2H3. The van der Waals surface area contributed by atoms with Gasteiger partial charge >= 0.3 is 6.09 Å². The molecule has 0 radical (unpaired) electrons. The highest BCUT2D eigenvalue weighted by atomic mass is 19.1. The van der Waals surface area contributed by atoms with E-state index in [0.717, 1.165) is 48.1 Å². The van der Waals surface area contributed by atoms with Gasteiger partial charge in [-0.3, -0.25) is 4.90 Å². The fourth-order valence-corrected chi connectivity index (χ4v) is 4.54. The minimum atomic E-state index is -0.260. The largest absolute Gasteiger partial charge is 0.450 e. The number of hydrogen-bond donors (Lipinski definition) is 0. The Labute approximate surface area is 174 Å². The fourth-order valence-electron chi connectivity index (χ4n) is 4.54. The van der Waals surface area contributed by atoms with Crippen LogP contribution in [0.2, 0.25) is 0 Å². The van der Waals surface area contributed by atoms with Gasteiger partial charge < -0.3 is 9.64 Å². The maximum atomic E-state index is 13.3. The number of carbonyl (C=O) groups excluding carboxylic acids is 1. The molecular weight excluding hydrogens is 383 g/mol. The van der Waals surface area contributed by atoms with Gasteiger partial charge in [0.25, 0.3) is 0 Å². The van der Waals surface area contributed by atoms with Crippen molar-refractivity contribution in [3.05, 3.63) is 54.0 Å². The molecule has 30 heavy (non-hydrogen) atoms. The number of amides is 1. The Morgan fingerprint density at radius 2 is 1.97 bits per heavy atom. The molecule has 7 heteroatoms. The molecule has 2 heterocycles. The molecule has 5 rings (SSSR count). The molecule has 0 atom stereocenters. The van der Waals surface area contributed by atoms with Crippen molar-refractivity contribution >= 4 is 22.7 Å². The van der Waals surface area contributed by atoms with E-state index in [2.05, 4.69) is 29.1 Å². The van der Waals surface area contributed by atoms with Gasteiger partial charge in [0, 0.05) is 30.7 Å². The molecule has 1 aliphatic heterocycles. The molecule has 2 aromatic carbocycles. The molecule has 1 saturated heterocycles. The van der Waals surface area contributed by atoms with Crippen molar-refractivity contribution < 1.29 is 13.9 Å². The minimum Gasteiger partial charge on any atom is -0.450 e. The Balaban J connectivity index is 1.44. The molecule has 2 fully saturated rings. The van der Waals surface area contributed by atoms with Gasteiger partial charge in [0.2, 0.25) is 0 Å². The smallest absolute Gasteiger partial charge is 0.410 e. The number of fused-ring (bicyclic) bond motifs is 1. The second-order valence-corrected chi connectivity index (χ2v) is 8.23. The third-order valence-electron chi connectivity index (χ3n) is 6.26. The van der Waals surface area contributed by atoms with Gasteiger partial charge in [0.05, 0.1) is 29.5 Å². The number of rotatable bonds is 3. The van der Waals surface area contributed by atoms with Crippen LogP contribution in [-0.4, -0.2) is 52.6 Å². The van der Waals surface area contributed by atoms with Gasteiger partial charge in [0.15, 0.2) is 0 Å². The number of ether oxygens (including phenoxy) is 1. The second kappa shape index (κ2) is 7.00. The molecule has 0 N–H and O–H groups in total. The van der Waals surface area contributed by atoms with Gasteiger partial charge in [-0.15, -0.1) is 0 Å². The van der Waals surface area contributed by atoms with Crippen LogP contribution in [0.25, 0.3) is 16.6 Å². The Morgan fingerprint density at radius 1 is 1.20 bits per heavy atom. The van der Waals surface area contributed by atoms with E-state index in [-0.39, 0.29) is 17.4 Å². The first-order valence-electron chi connectivity index (χ1n) is 10.4. The number of nitrogens with zero attached hydrogens (tertiary/aromatic N) is 4. The van der Waals surface area contributed by atoms with E-state index in [4.69, 9.17) is 4.74 Å². The van der Waals surface area contributed by atoms with Crippen LogP contribution in [0.15, 0.2) is 42.6 Å². The lowest BCUT2D eigenvalue weighted by molar-refractivity contribution is 0.0792. The van der Waals surface area contributed by atoms with Crippen molar-refractivity contribution in [3.63, 3.8) is 0 Å². The summed E-state index contributed by atoms with van der Waals surface area (Å²) >= 11 is 0. The van der Waals surface area contributed by atoms with Crippen LogP contribution in [0.3, 0.4) is 0 Å². The number of carbonyl (C=O) groups is 1. The minimum absolute atomic E-state index is 0.0931. The van der Waals surface area contributed by atoms with Gasteiger partial charge in [-0.25, -0.2) is 13.9 Å². The van der Waals surface area contributed by atoms with Crippen molar-refractivity contribution in [1.29, 1.82) is 0 Å². The van der Waals surface area contributed by atoms with Gasteiger partial charge in [-0.05, 0) is 68.7 Å². The lowest BCUT2D eigenvalue weighted by Crippen LogP contribution is -2.57. The molecular formula is C23H25FN4O2. The molecule has 0 unspecified atom stereocenters. The average molecular weight is 408 g/mol. The van der Waals surface area contributed by atoms with Crippen LogP contribution in [0.4, 0.5) is 14.9 Å². The predicted octanol–water partition coefficient (Wildman–Crippen LogP) is 4.28. The molecule has 156 valence electrons. The average Bonchev–Trinajstić information content (AvgIpc) is 3.37. The van der Waals surface area contributed by atoms with E-state index in [1.807, 2.05) is 22.7 Å². The van der Waals surface area contributed by atoms with Gasteiger partial charge in [-0.1, -0.05) is 0 Å². The molecule has 1 aromatic heterocycles. The third-order valence-corrected chi connectivity index (χ3v) is 6.26. The monoisotopic (exact) mass is 408 g/mol. The van der Waals surface area contributed by atoms with Crippen molar-refractivity contribution in [2.45, 2.75) is 32.2 Å².